The highest BCUT2D eigenvalue weighted by Gasteiger charge is 2.09. The predicted octanol–water partition coefficient (Wildman–Crippen LogP) is 4.72. The highest BCUT2D eigenvalue weighted by atomic mass is 79.9. The van der Waals surface area contributed by atoms with E-state index >= 15 is 0 Å². The van der Waals surface area contributed by atoms with Gasteiger partial charge in [-0.25, -0.2) is 4.98 Å². The summed E-state index contributed by atoms with van der Waals surface area (Å²) in [6.07, 6.45) is 3.19. The van der Waals surface area contributed by atoms with Crippen LogP contribution in [0.1, 0.15) is 30.2 Å². The van der Waals surface area contributed by atoms with Gasteiger partial charge in [-0.1, -0.05) is 22.9 Å². The van der Waals surface area contributed by atoms with Crippen LogP contribution in [0.2, 0.25) is 0 Å². The van der Waals surface area contributed by atoms with E-state index in [-0.39, 0.29) is 0 Å². The molecule has 0 radical (unpaired) electrons. The molecule has 2 aromatic rings. The van der Waals surface area contributed by atoms with Gasteiger partial charge in [-0.15, -0.1) is 0 Å². The van der Waals surface area contributed by atoms with Crippen molar-refractivity contribution in [3.63, 3.8) is 0 Å². The number of aryl methyl sites for hydroxylation is 4. The van der Waals surface area contributed by atoms with Crippen molar-refractivity contribution in [2.45, 2.75) is 40.7 Å². The Morgan fingerprint density at radius 2 is 1.84 bits per heavy atom. The first-order valence-corrected chi connectivity index (χ1v) is 7.38. The molecule has 1 aromatic heterocycles. The summed E-state index contributed by atoms with van der Waals surface area (Å²) in [7, 11) is 0. The Morgan fingerprint density at radius 1 is 1.21 bits per heavy atom. The SMILES string of the molecule is CCCn1cc(C)nc1Nc1c(C)cc(Br)cc1C. The zero-order valence-corrected chi connectivity index (χ0v) is 13.5. The molecule has 0 saturated heterocycles. The lowest BCUT2D eigenvalue weighted by molar-refractivity contribution is 0.686. The van der Waals surface area contributed by atoms with E-state index in [0.717, 1.165) is 34.8 Å². The zero-order valence-electron chi connectivity index (χ0n) is 11.9. The average molecular weight is 322 g/mol. The van der Waals surface area contributed by atoms with Gasteiger partial charge in [-0.3, -0.25) is 0 Å². The minimum atomic E-state index is 0.924. The number of anilines is 2. The van der Waals surface area contributed by atoms with Crippen LogP contribution in [-0.4, -0.2) is 9.55 Å². The molecule has 4 heteroatoms. The Bertz CT molecular complexity index is 564. The van der Waals surface area contributed by atoms with Crippen molar-refractivity contribution in [2.75, 3.05) is 5.32 Å². The maximum absolute atomic E-state index is 4.57. The third kappa shape index (κ3) is 3.18. The molecule has 1 heterocycles. The second-order valence-electron chi connectivity index (χ2n) is 4.94. The van der Waals surface area contributed by atoms with Crippen LogP contribution in [-0.2, 0) is 6.54 Å². The number of imidazole rings is 1. The van der Waals surface area contributed by atoms with Gasteiger partial charge >= 0.3 is 0 Å². The van der Waals surface area contributed by atoms with Crippen LogP contribution in [0.4, 0.5) is 11.6 Å². The van der Waals surface area contributed by atoms with E-state index in [4.69, 9.17) is 0 Å². The summed E-state index contributed by atoms with van der Waals surface area (Å²) < 4.78 is 3.29. The second-order valence-corrected chi connectivity index (χ2v) is 5.85. The van der Waals surface area contributed by atoms with E-state index in [0.29, 0.717) is 0 Å². The van der Waals surface area contributed by atoms with E-state index in [1.807, 2.05) is 6.92 Å². The van der Waals surface area contributed by atoms with Gasteiger partial charge in [0.1, 0.15) is 0 Å². The third-order valence-electron chi connectivity index (χ3n) is 3.10. The molecule has 0 aliphatic carbocycles. The second kappa shape index (κ2) is 5.78. The first-order chi connectivity index (χ1) is 9.01. The number of hydrogen-bond donors (Lipinski definition) is 1. The van der Waals surface area contributed by atoms with Crippen LogP contribution in [0.25, 0.3) is 0 Å². The Hall–Kier alpha value is -1.29. The predicted molar refractivity (Wildman–Crippen MR) is 84.2 cm³/mol. The average Bonchev–Trinajstić information content (AvgIpc) is 2.64. The van der Waals surface area contributed by atoms with Crippen LogP contribution >= 0.6 is 15.9 Å². The highest BCUT2D eigenvalue weighted by Crippen LogP contribution is 2.28. The summed E-state index contributed by atoms with van der Waals surface area (Å²) >= 11 is 3.53. The van der Waals surface area contributed by atoms with E-state index in [1.54, 1.807) is 0 Å². The van der Waals surface area contributed by atoms with Gasteiger partial charge in [-0.2, -0.15) is 0 Å². The fourth-order valence-electron chi connectivity index (χ4n) is 2.28. The van der Waals surface area contributed by atoms with Crippen molar-refractivity contribution >= 4 is 27.6 Å². The monoisotopic (exact) mass is 321 g/mol. The van der Waals surface area contributed by atoms with Gasteiger partial charge in [0.2, 0.25) is 5.95 Å². The molecule has 2 rings (SSSR count). The number of aromatic nitrogens is 2. The lowest BCUT2D eigenvalue weighted by atomic mass is 10.1. The Morgan fingerprint density at radius 3 is 2.42 bits per heavy atom. The Labute approximate surface area is 123 Å². The summed E-state index contributed by atoms with van der Waals surface area (Å²) in [6.45, 7) is 9.41. The molecule has 0 aliphatic heterocycles. The van der Waals surface area contributed by atoms with Crippen LogP contribution in [0.15, 0.2) is 22.8 Å². The van der Waals surface area contributed by atoms with Gasteiger partial charge in [-0.05, 0) is 50.5 Å². The molecule has 0 aliphatic rings. The summed E-state index contributed by atoms with van der Waals surface area (Å²) in [4.78, 5) is 4.57. The summed E-state index contributed by atoms with van der Waals surface area (Å²) in [5.74, 6) is 0.924. The molecular formula is C15H20BrN3. The quantitative estimate of drug-likeness (QED) is 0.882. The van der Waals surface area contributed by atoms with Gasteiger partial charge in [0, 0.05) is 22.9 Å². The van der Waals surface area contributed by atoms with Gasteiger partial charge < -0.3 is 9.88 Å². The number of rotatable bonds is 4. The lowest BCUT2D eigenvalue weighted by Gasteiger charge is -2.14. The fraction of sp³-hybridized carbons (Fsp3) is 0.400. The summed E-state index contributed by atoms with van der Waals surface area (Å²) in [5, 5.41) is 3.47. The minimum Gasteiger partial charge on any atom is -0.325 e. The van der Waals surface area contributed by atoms with Gasteiger partial charge in [0.15, 0.2) is 0 Å². The van der Waals surface area contributed by atoms with Crippen molar-refractivity contribution in [3.05, 3.63) is 39.6 Å². The number of hydrogen-bond acceptors (Lipinski definition) is 2. The highest BCUT2D eigenvalue weighted by molar-refractivity contribution is 9.10. The molecule has 102 valence electrons. The van der Waals surface area contributed by atoms with E-state index in [1.165, 1.54) is 11.1 Å². The smallest absolute Gasteiger partial charge is 0.207 e. The van der Waals surface area contributed by atoms with E-state index in [9.17, 15) is 0 Å². The van der Waals surface area contributed by atoms with Crippen LogP contribution in [0.3, 0.4) is 0 Å². The van der Waals surface area contributed by atoms with E-state index in [2.05, 4.69) is 69.9 Å². The summed E-state index contributed by atoms with van der Waals surface area (Å²) in [6, 6.07) is 4.24. The molecule has 1 aromatic carbocycles. The van der Waals surface area contributed by atoms with Gasteiger partial charge in [0.25, 0.3) is 0 Å². The van der Waals surface area contributed by atoms with Crippen molar-refractivity contribution < 1.29 is 0 Å². The largest absolute Gasteiger partial charge is 0.325 e. The molecule has 1 N–H and O–H groups in total. The van der Waals surface area contributed by atoms with Gasteiger partial charge in [0.05, 0.1) is 5.69 Å². The van der Waals surface area contributed by atoms with Crippen LogP contribution in [0, 0.1) is 20.8 Å². The Kier molecular flexibility index (Phi) is 4.30. The Balaban J connectivity index is 2.36. The number of nitrogens with one attached hydrogen (secondary N) is 1. The molecule has 0 unspecified atom stereocenters. The molecular weight excluding hydrogens is 302 g/mol. The topological polar surface area (TPSA) is 29.9 Å². The molecule has 0 spiro atoms. The first kappa shape index (κ1) is 14.1. The minimum absolute atomic E-state index is 0.924. The van der Waals surface area contributed by atoms with Crippen molar-refractivity contribution in [2.24, 2.45) is 0 Å². The zero-order chi connectivity index (χ0) is 14.0. The van der Waals surface area contributed by atoms with Crippen molar-refractivity contribution in [1.82, 2.24) is 9.55 Å². The first-order valence-electron chi connectivity index (χ1n) is 6.58. The number of halogens is 1. The molecule has 19 heavy (non-hydrogen) atoms. The molecule has 0 amide bonds. The fourth-order valence-corrected chi connectivity index (χ4v) is 2.96. The van der Waals surface area contributed by atoms with Crippen LogP contribution in [0.5, 0.6) is 0 Å². The van der Waals surface area contributed by atoms with Crippen molar-refractivity contribution in [1.29, 1.82) is 0 Å². The third-order valence-corrected chi connectivity index (χ3v) is 3.55. The molecule has 0 bridgehead atoms. The maximum atomic E-state index is 4.57. The standard InChI is InChI=1S/C15H20BrN3/c1-5-6-19-9-12(4)17-15(19)18-14-10(2)7-13(16)8-11(14)3/h7-9H,5-6H2,1-4H3,(H,17,18). The number of nitrogens with zero attached hydrogens (tertiary/aromatic N) is 2. The number of benzene rings is 1. The lowest BCUT2D eigenvalue weighted by Crippen LogP contribution is -2.05. The molecule has 3 nitrogen and oxygen atoms in total. The molecule has 0 saturated carbocycles. The van der Waals surface area contributed by atoms with Crippen LogP contribution < -0.4 is 5.32 Å². The summed E-state index contributed by atoms with van der Waals surface area (Å²) in [5.41, 5.74) is 4.63. The normalized spacial score (nSPS) is 10.8. The van der Waals surface area contributed by atoms with E-state index < -0.39 is 0 Å². The maximum Gasteiger partial charge on any atom is 0.207 e. The molecule has 0 fully saturated rings. The molecule has 0 atom stereocenters. The van der Waals surface area contributed by atoms with Crippen molar-refractivity contribution in [3.8, 4) is 0 Å².